The molecule has 0 spiro atoms. The van der Waals surface area contributed by atoms with Crippen LogP contribution in [-0.2, 0) is 4.79 Å². The number of carbonyl (C=O) groups excluding carboxylic acids is 1. The van der Waals surface area contributed by atoms with Crippen LogP contribution in [0.25, 0.3) is 0 Å². The Kier molecular flexibility index (Phi) is 6.33. The first kappa shape index (κ1) is 17.7. The first-order valence-electron chi connectivity index (χ1n) is 6.80. The van der Waals surface area contributed by atoms with E-state index >= 15 is 0 Å². The summed E-state index contributed by atoms with van der Waals surface area (Å²) < 4.78 is 0. The van der Waals surface area contributed by atoms with Gasteiger partial charge in [0.05, 0.1) is 5.41 Å². The summed E-state index contributed by atoms with van der Waals surface area (Å²) in [4.78, 5) is 22.8. The number of nitrogens with one attached hydrogen (secondary N) is 2. The average molecular weight is 272 g/mol. The molecule has 0 rings (SSSR count). The largest absolute Gasteiger partial charge is 0.481 e. The lowest BCUT2D eigenvalue weighted by Crippen LogP contribution is -2.47. The zero-order valence-electron chi connectivity index (χ0n) is 13.0. The maximum atomic E-state index is 11.7. The summed E-state index contributed by atoms with van der Waals surface area (Å²) in [6, 6.07) is -0.311. The zero-order valence-corrected chi connectivity index (χ0v) is 13.0. The van der Waals surface area contributed by atoms with Crippen molar-refractivity contribution in [2.45, 2.75) is 48.0 Å². The molecule has 0 saturated carbocycles. The van der Waals surface area contributed by atoms with Crippen molar-refractivity contribution in [2.24, 2.45) is 16.7 Å². The van der Waals surface area contributed by atoms with Crippen LogP contribution in [0.2, 0.25) is 0 Å². The summed E-state index contributed by atoms with van der Waals surface area (Å²) in [5, 5.41) is 14.5. The second kappa shape index (κ2) is 6.78. The summed E-state index contributed by atoms with van der Waals surface area (Å²) >= 11 is 0. The molecular formula is C14H28N2O3. The lowest BCUT2D eigenvalue weighted by atomic mass is 9.81. The minimum absolute atomic E-state index is 0.0121. The molecule has 0 aromatic rings. The zero-order chi connectivity index (χ0) is 15.3. The molecule has 0 saturated heterocycles. The van der Waals surface area contributed by atoms with E-state index in [1.165, 1.54) is 0 Å². The molecule has 0 aromatic carbocycles. The predicted octanol–water partition coefficient (Wildman–Crippen LogP) is 2.47. The molecule has 5 heteroatoms. The fourth-order valence-electron chi connectivity index (χ4n) is 1.20. The van der Waals surface area contributed by atoms with Crippen molar-refractivity contribution in [1.29, 1.82) is 0 Å². The van der Waals surface area contributed by atoms with Gasteiger partial charge in [-0.25, -0.2) is 4.79 Å². The van der Waals surface area contributed by atoms with E-state index in [9.17, 15) is 9.59 Å². The van der Waals surface area contributed by atoms with E-state index in [1.54, 1.807) is 13.8 Å². The van der Waals surface area contributed by atoms with E-state index < -0.39 is 11.4 Å². The Morgan fingerprint density at radius 2 is 1.58 bits per heavy atom. The van der Waals surface area contributed by atoms with Crippen LogP contribution in [0.3, 0.4) is 0 Å². The molecule has 0 heterocycles. The average Bonchev–Trinajstić information content (AvgIpc) is 2.33. The molecule has 112 valence electrons. The van der Waals surface area contributed by atoms with Gasteiger partial charge in [-0.3, -0.25) is 4.79 Å². The maximum absolute atomic E-state index is 11.7. The normalized spacial score (nSPS) is 14.9. The predicted molar refractivity (Wildman–Crippen MR) is 76.1 cm³/mol. The first-order valence-corrected chi connectivity index (χ1v) is 6.80. The standard InChI is InChI=1S/C14H28N2O3/c1-7-14(6,11(17)18)9-16-12(19)15-8-13(4,5)10(2)3/h10H,7-9H2,1-6H3,(H,17,18)(H2,15,16,19). The second-order valence-corrected chi connectivity index (χ2v) is 6.40. The highest BCUT2D eigenvalue weighted by Crippen LogP contribution is 2.24. The van der Waals surface area contributed by atoms with Crippen molar-refractivity contribution >= 4 is 12.0 Å². The van der Waals surface area contributed by atoms with Crippen LogP contribution < -0.4 is 10.6 Å². The highest BCUT2D eigenvalue weighted by atomic mass is 16.4. The Labute approximate surface area is 116 Å². The van der Waals surface area contributed by atoms with Gasteiger partial charge in [0.1, 0.15) is 0 Å². The Hall–Kier alpha value is -1.26. The third-order valence-corrected chi connectivity index (χ3v) is 4.20. The van der Waals surface area contributed by atoms with E-state index in [1.807, 2.05) is 0 Å². The highest BCUT2D eigenvalue weighted by Gasteiger charge is 2.31. The van der Waals surface area contributed by atoms with E-state index in [2.05, 4.69) is 38.3 Å². The van der Waals surface area contributed by atoms with Crippen LogP contribution in [0.1, 0.15) is 48.0 Å². The van der Waals surface area contributed by atoms with Crippen molar-refractivity contribution in [3.8, 4) is 0 Å². The minimum Gasteiger partial charge on any atom is -0.481 e. The molecule has 0 radical (unpaired) electrons. The van der Waals surface area contributed by atoms with Crippen LogP contribution in [0.4, 0.5) is 4.79 Å². The highest BCUT2D eigenvalue weighted by molar-refractivity contribution is 5.77. The van der Waals surface area contributed by atoms with Crippen LogP contribution in [0.15, 0.2) is 0 Å². The van der Waals surface area contributed by atoms with Crippen LogP contribution in [0, 0.1) is 16.7 Å². The van der Waals surface area contributed by atoms with E-state index in [-0.39, 0.29) is 18.0 Å². The molecular weight excluding hydrogens is 244 g/mol. The van der Waals surface area contributed by atoms with Gasteiger partial charge in [0, 0.05) is 13.1 Å². The summed E-state index contributed by atoms with van der Waals surface area (Å²) in [6.45, 7) is 12.5. The fourth-order valence-corrected chi connectivity index (χ4v) is 1.20. The van der Waals surface area contributed by atoms with Gasteiger partial charge in [-0.1, -0.05) is 34.6 Å². The molecule has 0 fully saturated rings. The maximum Gasteiger partial charge on any atom is 0.314 e. The molecule has 3 N–H and O–H groups in total. The van der Waals surface area contributed by atoms with Gasteiger partial charge in [-0.2, -0.15) is 0 Å². The number of hydrogen-bond donors (Lipinski definition) is 3. The van der Waals surface area contributed by atoms with Gasteiger partial charge < -0.3 is 15.7 Å². The Balaban J connectivity index is 4.24. The lowest BCUT2D eigenvalue weighted by Gasteiger charge is -2.30. The molecule has 19 heavy (non-hydrogen) atoms. The number of urea groups is 1. The van der Waals surface area contributed by atoms with Gasteiger partial charge in [0.15, 0.2) is 0 Å². The Morgan fingerprint density at radius 1 is 1.11 bits per heavy atom. The molecule has 1 atom stereocenters. The Bertz CT molecular complexity index is 327. The monoisotopic (exact) mass is 272 g/mol. The molecule has 0 aliphatic rings. The molecule has 2 amide bonds. The van der Waals surface area contributed by atoms with Gasteiger partial charge in [0.25, 0.3) is 0 Å². The van der Waals surface area contributed by atoms with Gasteiger partial charge in [-0.05, 0) is 24.7 Å². The van der Waals surface area contributed by atoms with Crippen molar-refractivity contribution in [2.75, 3.05) is 13.1 Å². The molecule has 0 bridgehead atoms. The van der Waals surface area contributed by atoms with Crippen LogP contribution in [-0.4, -0.2) is 30.2 Å². The Morgan fingerprint density at radius 3 is 1.95 bits per heavy atom. The van der Waals surface area contributed by atoms with Crippen molar-refractivity contribution in [3.63, 3.8) is 0 Å². The van der Waals surface area contributed by atoms with Gasteiger partial charge in [-0.15, -0.1) is 0 Å². The first-order chi connectivity index (χ1) is 8.55. The third-order valence-electron chi connectivity index (χ3n) is 4.20. The molecule has 0 aromatic heterocycles. The van der Waals surface area contributed by atoms with E-state index in [0.717, 1.165) is 0 Å². The van der Waals surface area contributed by atoms with E-state index in [4.69, 9.17) is 5.11 Å². The number of amides is 2. The summed E-state index contributed by atoms with van der Waals surface area (Å²) in [6.07, 6.45) is 0.472. The number of carboxylic acid groups (broad SMARTS) is 1. The minimum atomic E-state index is -0.912. The topological polar surface area (TPSA) is 78.4 Å². The molecule has 5 nitrogen and oxygen atoms in total. The third kappa shape index (κ3) is 5.49. The molecule has 0 aliphatic carbocycles. The van der Waals surface area contributed by atoms with Gasteiger partial charge >= 0.3 is 12.0 Å². The smallest absolute Gasteiger partial charge is 0.314 e. The van der Waals surface area contributed by atoms with Crippen LogP contribution >= 0.6 is 0 Å². The number of carboxylic acids is 1. The second-order valence-electron chi connectivity index (χ2n) is 6.40. The quantitative estimate of drug-likeness (QED) is 0.666. The molecule has 0 aliphatic heterocycles. The lowest BCUT2D eigenvalue weighted by molar-refractivity contribution is -0.147. The summed E-state index contributed by atoms with van der Waals surface area (Å²) in [5.74, 6) is -0.439. The van der Waals surface area contributed by atoms with E-state index in [0.29, 0.717) is 18.9 Å². The SMILES string of the molecule is CCC(C)(CNC(=O)NCC(C)(C)C(C)C)C(=O)O. The number of aliphatic carboxylic acids is 1. The molecule has 1 unspecified atom stereocenters. The van der Waals surface area contributed by atoms with Crippen molar-refractivity contribution < 1.29 is 14.7 Å². The van der Waals surface area contributed by atoms with Gasteiger partial charge in [0.2, 0.25) is 0 Å². The van der Waals surface area contributed by atoms with Crippen molar-refractivity contribution in [3.05, 3.63) is 0 Å². The fraction of sp³-hybridized carbons (Fsp3) is 0.857. The van der Waals surface area contributed by atoms with Crippen LogP contribution in [0.5, 0.6) is 0 Å². The number of carbonyl (C=O) groups is 2. The van der Waals surface area contributed by atoms with Crippen molar-refractivity contribution in [1.82, 2.24) is 10.6 Å². The summed E-state index contributed by atoms with van der Waals surface area (Å²) in [5.41, 5.74) is -0.900. The number of rotatable bonds is 7. The number of hydrogen-bond acceptors (Lipinski definition) is 2. The summed E-state index contributed by atoms with van der Waals surface area (Å²) in [7, 11) is 0.